The SMILES string of the molecule is NC(=O)CSc1nnc(Cc2ccc([N+](=O)[O-])cc2)o1. The summed E-state index contributed by atoms with van der Waals surface area (Å²) >= 11 is 1.06. The Kier molecular flexibility index (Phi) is 4.31. The maximum atomic E-state index is 10.6. The average molecular weight is 294 g/mol. The highest BCUT2D eigenvalue weighted by molar-refractivity contribution is 7.99. The fourth-order valence-corrected chi connectivity index (χ4v) is 1.93. The van der Waals surface area contributed by atoms with Crippen LogP contribution in [0.1, 0.15) is 11.5 Å². The molecule has 9 heteroatoms. The zero-order valence-corrected chi connectivity index (χ0v) is 11.0. The molecule has 2 aromatic rings. The summed E-state index contributed by atoms with van der Waals surface area (Å²) in [6.45, 7) is 0. The summed E-state index contributed by atoms with van der Waals surface area (Å²) in [5.74, 6) is -0.0324. The van der Waals surface area contributed by atoms with Crippen LogP contribution in [0.5, 0.6) is 0 Å². The first-order valence-electron chi connectivity index (χ1n) is 5.51. The van der Waals surface area contributed by atoms with Crippen LogP contribution in [0.4, 0.5) is 5.69 Å². The van der Waals surface area contributed by atoms with Crippen LogP contribution in [0.15, 0.2) is 33.9 Å². The van der Waals surface area contributed by atoms with Gasteiger partial charge in [0.05, 0.1) is 17.1 Å². The molecule has 2 rings (SSSR count). The molecule has 1 amide bonds. The standard InChI is InChI=1S/C11H10N4O4S/c12-9(16)6-20-11-14-13-10(19-11)5-7-1-3-8(4-2-7)15(17)18/h1-4H,5-6H2,(H2,12,16). The van der Waals surface area contributed by atoms with Crippen molar-refractivity contribution in [3.63, 3.8) is 0 Å². The molecule has 1 aromatic heterocycles. The highest BCUT2D eigenvalue weighted by atomic mass is 32.2. The third-order valence-electron chi connectivity index (χ3n) is 2.29. The van der Waals surface area contributed by atoms with Crippen LogP contribution < -0.4 is 5.73 Å². The van der Waals surface area contributed by atoms with E-state index in [4.69, 9.17) is 10.2 Å². The molecule has 0 spiro atoms. The van der Waals surface area contributed by atoms with E-state index in [1.165, 1.54) is 12.1 Å². The molecule has 20 heavy (non-hydrogen) atoms. The summed E-state index contributed by atoms with van der Waals surface area (Å²) in [4.78, 5) is 20.7. The number of aromatic nitrogens is 2. The van der Waals surface area contributed by atoms with E-state index in [-0.39, 0.29) is 16.7 Å². The lowest BCUT2D eigenvalue weighted by atomic mass is 10.1. The number of carbonyl (C=O) groups excluding carboxylic acids is 1. The third-order valence-corrected chi connectivity index (χ3v) is 3.13. The van der Waals surface area contributed by atoms with Crippen molar-refractivity contribution in [1.82, 2.24) is 10.2 Å². The molecule has 0 atom stereocenters. The van der Waals surface area contributed by atoms with Gasteiger partial charge in [-0.15, -0.1) is 10.2 Å². The van der Waals surface area contributed by atoms with E-state index in [9.17, 15) is 14.9 Å². The Hall–Kier alpha value is -2.42. The van der Waals surface area contributed by atoms with Crippen molar-refractivity contribution in [2.75, 3.05) is 5.75 Å². The van der Waals surface area contributed by atoms with Crippen molar-refractivity contribution in [3.8, 4) is 0 Å². The Morgan fingerprint density at radius 2 is 2.05 bits per heavy atom. The predicted octanol–water partition coefficient (Wildman–Crippen LogP) is 1.15. The largest absolute Gasteiger partial charge is 0.416 e. The fourth-order valence-electron chi connectivity index (χ4n) is 1.41. The molecule has 0 fully saturated rings. The van der Waals surface area contributed by atoms with Crippen molar-refractivity contribution in [1.29, 1.82) is 0 Å². The van der Waals surface area contributed by atoms with Gasteiger partial charge in [0.25, 0.3) is 10.9 Å². The Morgan fingerprint density at radius 1 is 1.35 bits per heavy atom. The molecule has 104 valence electrons. The minimum atomic E-state index is -0.467. The summed E-state index contributed by atoms with van der Waals surface area (Å²) in [6.07, 6.45) is 0.363. The van der Waals surface area contributed by atoms with Crippen LogP contribution >= 0.6 is 11.8 Å². The van der Waals surface area contributed by atoms with Crippen molar-refractivity contribution >= 4 is 23.4 Å². The maximum absolute atomic E-state index is 10.6. The summed E-state index contributed by atoms with van der Waals surface area (Å²) in [6, 6.07) is 6.07. The van der Waals surface area contributed by atoms with Gasteiger partial charge in [0.1, 0.15) is 0 Å². The summed E-state index contributed by atoms with van der Waals surface area (Å²) < 4.78 is 5.31. The second kappa shape index (κ2) is 6.15. The van der Waals surface area contributed by atoms with Crippen LogP contribution in [0.25, 0.3) is 0 Å². The van der Waals surface area contributed by atoms with Gasteiger partial charge in [-0.05, 0) is 5.56 Å². The number of benzene rings is 1. The molecule has 8 nitrogen and oxygen atoms in total. The summed E-state index contributed by atoms with van der Waals surface area (Å²) in [5, 5.41) is 18.4. The van der Waals surface area contributed by atoms with Crippen molar-refractivity contribution in [3.05, 3.63) is 45.8 Å². The lowest BCUT2D eigenvalue weighted by Gasteiger charge is -1.96. The van der Waals surface area contributed by atoms with Crippen molar-refractivity contribution in [2.24, 2.45) is 5.73 Å². The smallest absolute Gasteiger partial charge is 0.277 e. The molecule has 0 aliphatic rings. The lowest BCUT2D eigenvalue weighted by Crippen LogP contribution is -2.12. The van der Waals surface area contributed by atoms with E-state index in [2.05, 4.69) is 10.2 Å². The molecule has 0 aliphatic heterocycles. The molecule has 1 heterocycles. The number of primary amides is 1. The first-order chi connectivity index (χ1) is 9.54. The highest BCUT2D eigenvalue weighted by Gasteiger charge is 2.10. The van der Waals surface area contributed by atoms with Gasteiger partial charge in [0.2, 0.25) is 11.8 Å². The van der Waals surface area contributed by atoms with E-state index in [1.54, 1.807) is 12.1 Å². The molecule has 0 radical (unpaired) electrons. The first kappa shape index (κ1) is 14.0. The summed E-state index contributed by atoms with van der Waals surface area (Å²) in [7, 11) is 0. The normalized spacial score (nSPS) is 10.4. The second-order valence-corrected chi connectivity index (χ2v) is 4.74. The Labute approximate surface area is 117 Å². The van der Waals surface area contributed by atoms with Crippen LogP contribution in [-0.4, -0.2) is 26.8 Å². The molecule has 0 saturated heterocycles. The number of rotatable bonds is 6. The average Bonchev–Trinajstić information content (AvgIpc) is 2.84. The zero-order valence-electron chi connectivity index (χ0n) is 10.2. The number of carbonyl (C=O) groups is 1. The highest BCUT2D eigenvalue weighted by Crippen LogP contribution is 2.18. The molecule has 0 saturated carbocycles. The number of nitrogens with two attached hydrogens (primary N) is 1. The third kappa shape index (κ3) is 3.79. The van der Waals surface area contributed by atoms with Crippen molar-refractivity contribution < 1.29 is 14.1 Å². The topological polar surface area (TPSA) is 125 Å². The number of hydrogen-bond donors (Lipinski definition) is 1. The molecular formula is C11H10N4O4S. The zero-order chi connectivity index (χ0) is 14.5. The number of non-ortho nitro benzene ring substituents is 1. The predicted molar refractivity (Wildman–Crippen MR) is 70.1 cm³/mol. The number of hydrogen-bond acceptors (Lipinski definition) is 7. The Morgan fingerprint density at radius 3 is 2.65 bits per heavy atom. The van der Waals surface area contributed by atoms with Crippen LogP contribution in [0.2, 0.25) is 0 Å². The van der Waals surface area contributed by atoms with E-state index in [0.717, 1.165) is 17.3 Å². The van der Waals surface area contributed by atoms with Gasteiger partial charge in [-0.2, -0.15) is 0 Å². The monoisotopic (exact) mass is 294 g/mol. The quantitative estimate of drug-likeness (QED) is 0.481. The molecule has 0 unspecified atom stereocenters. The minimum Gasteiger partial charge on any atom is -0.416 e. The molecule has 0 bridgehead atoms. The second-order valence-electron chi connectivity index (χ2n) is 3.82. The fraction of sp³-hybridized carbons (Fsp3) is 0.182. The number of thioether (sulfide) groups is 1. The van der Waals surface area contributed by atoms with Gasteiger partial charge < -0.3 is 10.2 Å². The number of nitrogens with zero attached hydrogens (tertiary/aromatic N) is 3. The van der Waals surface area contributed by atoms with Gasteiger partial charge in [-0.3, -0.25) is 14.9 Å². The molecule has 0 aliphatic carbocycles. The van der Waals surface area contributed by atoms with Gasteiger partial charge >= 0.3 is 0 Å². The van der Waals surface area contributed by atoms with Gasteiger partial charge in [0, 0.05) is 12.1 Å². The molecule has 2 N–H and O–H groups in total. The lowest BCUT2D eigenvalue weighted by molar-refractivity contribution is -0.384. The first-order valence-corrected chi connectivity index (χ1v) is 6.50. The van der Waals surface area contributed by atoms with Crippen LogP contribution in [0.3, 0.4) is 0 Å². The van der Waals surface area contributed by atoms with E-state index in [1.807, 2.05) is 0 Å². The van der Waals surface area contributed by atoms with E-state index in [0.29, 0.717) is 12.3 Å². The Bertz CT molecular complexity index is 626. The van der Waals surface area contributed by atoms with Gasteiger partial charge in [-0.25, -0.2) is 0 Å². The van der Waals surface area contributed by atoms with Crippen LogP contribution in [-0.2, 0) is 11.2 Å². The molecular weight excluding hydrogens is 284 g/mol. The molecule has 1 aromatic carbocycles. The Balaban J connectivity index is 1.99. The minimum absolute atomic E-state index is 0.0250. The van der Waals surface area contributed by atoms with E-state index < -0.39 is 10.8 Å². The number of nitro groups is 1. The summed E-state index contributed by atoms with van der Waals surface area (Å²) in [5.41, 5.74) is 5.84. The van der Waals surface area contributed by atoms with Gasteiger partial charge in [0.15, 0.2) is 0 Å². The van der Waals surface area contributed by atoms with E-state index >= 15 is 0 Å². The number of nitro benzene ring substituents is 1. The van der Waals surface area contributed by atoms with Crippen molar-refractivity contribution in [2.45, 2.75) is 11.6 Å². The number of amides is 1. The van der Waals surface area contributed by atoms with Crippen LogP contribution in [0, 0.1) is 10.1 Å². The van der Waals surface area contributed by atoms with Gasteiger partial charge in [-0.1, -0.05) is 23.9 Å². The maximum Gasteiger partial charge on any atom is 0.277 e.